The Balaban J connectivity index is 2.86. The maximum Gasteiger partial charge on any atom is 0.432 e. The molecule has 2 rings (SSSR count). The zero-order chi connectivity index (χ0) is 15.1. The molecular formula is C11H5ClF4N2O2. The summed E-state index contributed by atoms with van der Waals surface area (Å²) >= 11 is 5.64. The highest BCUT2D eigenvalue weighted by Gasteiger charge is 2.36. The van der Waals surface area contributed by atoms with Crippen LogP contribution in [0, 0.1) is 5.82 Å². The molecule has 2 aromatic rings. The van der Waals surface area contributed by atoms with Crippen molar-refractivity contribution in [1.82, 2.24) is 9.55 Å². The van der Waals surface area contributed by atoms with Crippen molar-refractivity contribution < 1.29 is 17.6 Å². The molecule has 4 nitrogen and oxygen atoms in total. The van der Waals surface area contributed by atoms with Crippen molar-refractivity contribution in [3.05, 3.63) is 61.6 Å². The summed E-state index contributed by atoms with van der Waals surface area (Å²) in [4.78, 5) is 24.3. The van der Waals surface area contributed by atoms with Crippen molar-refractivity contribution in [3.8, 4) is 5.69 Å². The molecule has 0 bridgehead atoms. The first-order chi connectivity index (χ1) is 9.20. The SMILES string of the molecule is O=c1cc(C(F)(F)F)n(-c2ccc(F)cc2Cl)c(=O)[nH]1. The van der Waals surface area contributed by atoms with E-state index in [1.807, 2.05) is 0 Å². The fraction of sp³-hybridized carbons (Fsp3) is 0.0909. The first-order valence-corrected chi connectivity index (χ1v) is 5.47. The molecule has 20 heavy (non-hydrogen) atoms. The topological polar surface area (TPSA) is 54.9 Å². The number of aromatic nitrogens is 2. The number of benzene rings is 1. The Labute approximate surface area is 113 Å². The Bertz CT molecular complexity index is 779. The summed E-state index contributed by atoms with van der Waals surface area (Å²) < 4.78 is 51.7. The van der Waals surface area contributed by atoms with Crippen molar-refractivity contribution in [2.75, 3.05) is 0 Å². The van der Waals surface area contributed by atoms with Crippen LogP contribution in [0.1, 0.15) is 5.69 Å². The molecule has 0 saturated carbocycles. The van der Waals surface area contributed by atoms with E-state index in [0.717, 1.165) is 18.2 Å². The van der Waals surface area contributed by atoms with E-state index in [1.165, 1.54) is 0 Å². The van der Waals surface area contributed by atoms with Crippen LogP contribution in [0.2, 0.25) is 5.02 Å². The fourth-order valence-electron chi connectivity index (χ4n) is 1.61. The van der Waals surface area contributed by atoms with E-state index < -0.39 is 34.0 Å². The van der Waals surface area contributed by atoms with Crippen LogP contribution in [-0.4, -0.2) is 9.55 Å². The maximum atomic E-state index is 12.9. The van der Waals surface area contributed by atoms with Crippen molar-refractivity contribution in [3.63, 3.8) is 0 Å². The van der Waals surface area contributed by atoms with Gasteiger partial charge in [-0.2, -0.15) is 13.2 Å². The third kappa shape index (κ3) is 2.60. The number of hydrogen-bond acceptors (Lipinski definition) is 2. The summed E-state index contributed by atoms with van der Waals surface area (Å²) in [5, 5.41) is -0.398. The highest BCUT2D eigenvalue weighted by Crippen LogP contribution is 2.30. The van der Waals surface area contributed by atoms with Gasteiger partial charge in [0.25, 0.3) is 5.56 Å². The van der Waals surface area contributed by atoms with Crippen molar-refractivity contribution in [2.24, 2.45) is 0 Å². The molecule has 0 fully saturated rings. The van der Waals surface area contributed by atoms with Crippen LogP contribution in [0.15, 0.2) is 33.9 Å². The lowest BCUT2D eigenvalue weighted by atomic mass is 10.2. The van der Waals surface area contributed by atoms with Crippen molar-refractivity contribution >= 4 is 11.6 Å². The Morgan fingerprint density at radius 2 is 1.80 bits per heavy atom. The summed E-state index contributed by atoms with van der Waals surface area (Å²) in [7, 11) is 0. The molecule has 0 radical (unpaired) electrons. The molecule has 0 atom stereocenters. The van der Waals surface area contributed by atoms with Gasteiger partial charge < -0.3 is 0 Å². The first kappa shape index (κ1) is 14.3. The fourth-order valence-corrected chi connectivity index (χ4v) is 1.86. The molecule has 0 aliphatic heterocycles. The van der Waals surface area contributed by atoms with Gasteiger partial charge in [0.15, 0.2) is 0 Å². The van der Waals surface area contributed by atoms with Gasteiger partial charge in [-0.25, -0.2) is 9.18 Å². The lowest BCUT2D eigenvalue weighted by Gasteiger charge is -2.15. The third-order valence-electron chi connectivity index (χ3n) is 2.38. The molecular weight excluding hydrogens is 304 g/mol. The van der Waals surface area contributed by atoms with Gasteiger partial charge in [-0.15, -0.1) is 0 Å². The number of alkyl halides is 3. The molecule has 0 aliphatic rings. The van der Waals surface area contributed by atoms with E-state index in [0.29, 0.717) is 0 Å². The minimum Gasteiger partial charge on any atom is -0.274 e. The summed E-state index contributed by atoms with van der Waals surface area (Å²) in [5.41, 5.74) is -4.41. The normalized spacial score (nSPS) is 11.7. The first-order valence-electron chi connectivity index (χ1n) is 5.09. The minimum atomic E-state index is -4.95. The Morgan fingerprint density at radius 3 is 2.35 bits per heavy atom. The number of nitrogens with zero attached hydrogens (tertiary/aromatic N) is 1. The summed E-state index contributed by atoms with van der Waals surface area (Å²) in [5.74, 6) is -0.773. The van der Waals surface area contributed by atoms with E-state index in [4.69, 9.17) is 11.6 Å². The van der Waals surface area contributed by atoms with Crippen LogP contribution in [0.4, 0.5) is 17.6 Å². The minimum absolute atomic E-state index is 0.170. The van der Waals surface area contributed by atoms with Gasteiger partial charge in [0.2, 0.25) is 0 Å². The van der Waals surface area contributed by atoms with Crippen LogP contribution in [0.5, 0.6) is 0 Å². The van der Waals surface area contributed by atoms with Gasteiger partial charge in [0.05, 0.1) is 10.7 Å². The van der Waals surface area contributed by atoms with Crippen LogP contribution >= 0.6 is 11.6 Å². The predicted octanol–water partition coefficient (Wildman–Crippen LogP) is 2.34. The van der Waals surface area contributed by atoms with Crippen molar-refractivity contribution in [2.45, 2.75) is 6.18 Å². The maximum absolute atomic E-state index is 12.9. The molecule has 1 heterocycles. The van der Waals surface area contributed by atoms with E-state index >= 15 is 0 Å². The molecule has 0 amide bonds. The highest BCUT2D eigenvalue weighted by atomic mass is 35.5. The van der Waals surface area contributed by atoms with Gasteiger partial charge in [0.1, 0.15) is 11.5 Å². The van der Waals surface area contributed by atoms with E-state index in [1.54, 1.807) is 4.98 Å². The van der Waals surface area contributed by atoms with Crippen LogP contribution in [0.3, 0.4) is 0 Å². The second-order valence-electron chi connectivity index (χ2n) is 3.75. The van der Waals surface area contributed by atoms with E-state index in [2.05, 4.69) is 0 Å². The second-order valence-corrected chi connectivity index (χ2v) is 4.16. The van der Waals surface area contributed by atoms with Crippen molar-refractivity contribution in [1.29, 1.82) is 0 Å². The van der Waals surface area contributed by atoms with E-state index in [9.17, 15) is 27.2 Å². The molecule has 9 heteroatoms. The Kier molecular flexibility index (Phi) is 3.43. The van der Waals surface area contributed by atoms with Gasteiger partial charge in [-0.3, -0.25) is 14.3 Å². The monoisotopic (exact) mass is 308 g/mol. The molecule has 106 valence electrons. The molecule has 0 unspecified atom stereocenters. The van der Waals surface area contributed by atoms with Crippen LogP contribution in [-0.2, 0) is 6.18 Å². The smallest absolute Gasteiger partial charge is 0.274 e. The van der Waals surface area contributed by atoms with Crippen LogP contribution in [0.25, 0.3) is 5.69 Å². The lowest BCUT2D eigenvalue weighted by Crippen LogP contribution is -2.34. The number of nitrogens with one attached hydrogen (secondary N) is 1. The zero-order valence-corrected chi connectivity index (χ0v) is 10.2. The number of H-pyrrole nitrogens is 1. The number of rotatable bonds is 1. The molecule has 0 saturated heterocycles. The zero-order valence-electron chi connectivity index (χ0n) is 9.46. The molecule has 0 aliphatic carbocycles. The highest BCUT2D eigenvalue weighted by molar-refractivity contribution is 6.32. The molecule has 1 N–H and O–H groups in total. The Hall–Kier alpha value is -2.09. The van der Waals surface area contributed by atoms with Gasteiger partial charge in [0, 0.05) is 6.07 Å². The van der Waals surface area contributed by atoms with Gasteiger partial charge >= 0.3 is 11.9 Å². The van der Waals surface area contributed by atoms with Gasteiger partial charge in [-0.05, 0) is 18.2 Å². The Morgan fingerprint density at radius 1 is 1.15 bits per heavy atom. The predicted molar refractivity (Wildman–Crippen MR) is 62.6 cm³/mol. The standard InChI is InChI=1S/C11H5ClF4N2O2/c12-6-3-5(13)1-2-7(6)18-8(11(14,15)16)4-9(19)17-10(18)20/h1-4H,(H,17,19,20). The quantitative estimate of drug-likeness (QED) is 0.822. The van der Waals surface area contributed by atoms with Crippen LogP contribution < -0.4 is 11.2 Å². The van der Waals surface area contributed by atoms with Gasteiger partial charge in [-0.1, -0.05) is 11.6 Å². The molecule has 1 aromatic carbocycles. The third-order valence-corrected chi connectivity index (χ3v) is 2.69. The number of aromatic amines is 1. The number of halogens is 5. The number of hydrogen-bond donors (Lipinski definition) is 1. The van der Waals surface area contributed by atoms with E-state index in [-0.39, 0.29) is 16.3 Å². The largest absolute Gasteiger partial charge is 0.432 e. The average molecular weight is 309 g/mol. The summed E-state index contributed by atoms with van der Waals surface area (Å²) in [6, 6.07) is 2.74. The summed E-state index contributed by atoms with van der Waals surface area (Å²) in [6.07, 6.45) is -4.95. The lowest BCUT2D eigenvalue weighted by molar-refractivity contribution is -0.143. The summed E-state index contributed by atoms with van der Waals surface area (Å²) in [6.45, 7) is 0. The second kappa shape index (κ2) is 4.78. The molecule has 0 spiro atoms. The molecule has 1 aromatic heterocycles. The average Bonchev–Trinajstić information content (AvgIpc) is 2.28.